The number of ether oxygens (including phenoxy) is 3. The SMILES string of the molecule is COc1ccc(C(Cl)c2c(OC)cccc2OC)c(C)c1. The van der Waals surface area contributed by atoms with E-state index in [1.807, 2.05) is 43.3 Å². The van der Waals surface area contributed by atoms with E-state index in [-0.39, 0.29) is 5.38 Å². The molecule has 2 rings (SSSR count). The first-order valence-corrected chi connectivity index (χ1v) is 7.05. The lowest BCUT2D eigenvalue weighted by Crippen LogP contribution is -2.02. The van der Waals surface area contributed by atoms with Crippen molar-refractivity contribution in [3.63, 3.8) is 0 Å². The Morgan fingerprint density at radius 2 is 1.52 bits per heavy atom. The molecule has 1 atom stereocenters. The fourth-order valence-corrected chi connectivity index (χ4v) is 2.80. The Labute approximate surface area is 130 Å². The zero-order valence-corrected chi connectivity index (χ0v) is 13.4. The highest BCUT2D eigenvalue weighted by Gasteiger charge is 2.22. The molecule has 0 saturated carbocycles. The molecule has 0 fully saturated rings. The van der Waals surface area contributed by atoms with Gasteiger partial charge in [0, 0.05) is 0 Å². The number of alkyl halides is 1. The molecule has 2 aromatic carbocycles. The molecule has 0 spiro atoms. The Kier molecular flexibility index (Phi) is 4.97. The minimum absolute atomic E-state index is 0.359. The largest absolute Gasteiger partial charge is 0.497 e. The average molecular weight is 307 g/mol. The molecule has 0 heterocycles. The molecule has 112 valence electrons. The summed E-state index contributed by atoms with van der Waals surface area (Å²) in [5.41, 5.74) is 2.89. The molecule has 0 amide bonds. The van der Waals surface area contributed by atoms with E-state index in [0.29, 0.717) is 11.5 Å². The first-order valence-electron chi connectivity index (χ1n) is 6.61. The third kappa shape index (κ3) is 3.08. The maximum absolute atomic E-state index is 6.70. The zero-order chi connectivity index (χ0) is 15.4. The molecular weight excluding hydrogens is 288 g/mol. The minimum Gasteiger partial charge on any atom is -0.497 e. The molecule has 0 aliphatic rings. The van der Waals surface area contributed by atoms with Crippen LogP contribution in [0, 0.1) is 6.92 Å². The number of benzene rings is 2. The molecule has 0 radical (unpaired) electrons. The van der Waals surface area contributed by atoms with Crippen LogP contribution >= 0.6 is 11.6 Å². The van der Waals surface area contributed by atoms with Crippen molar-refractivity contribution in [3.05, 3.63) is 53.1 Å². The Morgan fingerprint density at radius 1 is 0.905 bits per heavy atom. The Morgan fingerprint density at radius 3 is 2.00 bits per heavy atom. The van der Waals surface area contributed by atoms with Crippen LogP contribution in [0.4, 0.5) is 0 Å². The smallest absolute Gasteiger partial charge is 0.127 e. The lowest BCUT2D eigenvalue weighted by atomic mass is 9.98. The summed E-state index contributed by atoms with van der Waals surface area (Å²) < 4.78 is 16.1. The highest BCUT2D eigenvalue weighted by atomic mass is 35.5. The second-order valence-electron chi connectivity index (χ2n) is 4.66. The fourth-order valence-electron chi connectivity index (χ4n) is 2.34. The van der Waals surface area contributed by atoms with Gasteiger partial charge < -0.3 is 14.2 Å². The average Bonchev–Trinajstić information content (AvgIpc) is 2.53. The molecule has 0 N–H and O–H groups in total. The van der Waals surface area contributed by atoms with Gasteiger partial charge in [-0.3, -0.25) is 0 Å². The van der Waals surface area contributed by atoms with E-state index in [2.05, 4.69) is 0 Å². The summed E-state index contributed by atoms with van der Waals surface area (Å²) in [5.74, 6) is 2.24. The molecule has 0 saturated heterocycles. The van der Waals surface area contributed by atoms with E-state index in [9.17, 15) is 0 Å². The van der Waals surface area contributed by atoms with Crippen LogP contribution in [0.25, 0.3) is 0 Å². The lowest BCUT2D eigenvalue weighted by Gasteiger charge is -2.19. The third-order valence-corrected chi connectivity index (χ3v) is 3.92. The van der Waals surface area contributed by atoms with E-state index < -0.39 is 0 Å². The van der Waals surface area contributed by atoms with Crippen LogP contribution in [0.5, 0.6) is 17.2 Å². The van der Waals surface area contributed by atoms with Crippen molar-refractivity contribution in [2.45, 2.75) is 12.3 Å². The number of halogens is 1. The highest BCUT2D eigenvalue weighted by Crippen LogP contribution is 2.42. The van der Waals surface area contributed by atoms with Crippen molar-refractivity contribution in [1.29, 1.82) is 0 Å². The number of hydrogen-bond donors (Lipinski definition) is 0. The maximum Gasteiger partial charge on any atom is 0.127 e. The monoisotopic (exact) mass is 306 g/mol. The predicted molar refractivity (Wildman–Crippen MR) is 85.0 cm³/mol. The fraction of sp³-hybridized carbons (Fsp3) is 0.294. The van der Waals surface area contributed by atoms with Crippen molar-refractivity contribution < 1.29 is 14.2 Å². The van der Waals surface area contributed by atoms with Gasteiger partial charge in [0.2, 0.25) is 0 Å². The van der Waals surface area contributed by atoms with Crippen LogP contribution < -0.4 is 14.2 Å². The summed E-state index contributed by atoms with van der Waals surface area (Å²) in [6.07, 6.45) is 0. The summed E-state index contributed by atoms with van der Waals surface area (Å²) >= 11 is 6.70. The number of hydrogen-bond acceptors (Lipinski definition) is 3. The molecular formula is C17H19ClO3. The standard InChI is InChI=1S/C17H19ClO3/c1-11-10-12(19-2)8-9-13(11)17(18)16-14(20-3)6-5-7-15(16)21-4/h5-10,17H,1-4H3. The summed E-state index contributed by atoms with van der Waals surface area (Å²) in [4.78, 5) is 0. The van der Waals surface area contributed by atoms with Crippen molar-refractivity contribution in [3.8, 4) is 17.2 Å². The predicted octanol–water partition coefficient (Wildman–Crippen LogP) is 4.35. The van der Waals surface area contributed by atoms with Gasteiger partial charge in [-0.2, -0.15) is 0 Å². The van der Waals surface area contributed by atoms with Crippen LogP contribution in [-0.4, -0.2) is 21.3 Å². The lowest BCUT2D eigenvalue weighted by molar-refractivity contribution is 0.386. The van der Waals surface area contributed by atoms with E-state index >= 15 is 0 Å². The number of rotatable bonds is 5. The van der Waals surface area contributed by atoms with Gasteiger partial charge in [-0.15, -0.1) is 11.6 Å². The number of aryl methyl sites for hydroxylation is 1. The van der Waals surface area contributed by atoms with Crippen molar-refractivity contribution in [2.24, 2.45) is 0 Å². The molecule has 0 bridgehead atoms. The topological polar surface area (TPSA) is 27.7 Å². The van der Waals surface area contributed by atoms with Gasteiger partial charge in [-0.05, 0) is 42.3 Å². The van der Waals surface area contributed by atoms with Gasteiger partial charge in [0.1, 0.15) is 17.2 Å². The Bertz CT molecular complexity index is 603. The second-order valence-corrected chi connectivity index (χ2v) is 5.10. The van der Waals surface area contributed by atoms with Crippen LogP contribution in [0.1, 0.15) is 22.1 Å². The van der Waals surface area contributed by atoms with Gasteiger partial charge >= 0.3 is 0 Å². The third-order valence-electron chi connectivity index (χ3n) is 3.47. The first-order chi connectivity index (χ1) is 10.1. The van der Waals surface area contributed by atoms with Crippen LogP contribution in [0.3, 0.4) is 0 Å². The quantitative estimate of drug-likeness (QED) is 0.769. The van der Waals surface area contributed by atoms with Gasteiger partial charge in [0.15, 0.2) is 0 Å². The first kappa shape index (κ1) is 15.5. The summed E-state index contributed by atoms with van der Waals surface area (Å²) in [5, 5.41) is -0.359. The van der Waals surface area contributed by atoms with Crippen LogP contribution in [0.2, 0.25) is 0 Å². The highest BCUT2D eigenvalue weighted by molar-refractivity contribution is 6.23. The van der Waals surface area contributed by atoms with E-state index in [4.69, 9.17) is 25.8 Å². The van der Waals surface area contributed by atoms with E-state index in [0.717, 1.165) is 22.4 Å². The molecule has 0 aromatic heterocycles. The summed E-state index contributed by atoms with van der Waals surface area (Å²) in [6, 6.07) is 11.5. The molecule has 0 aliphatic heterocycles. The van der Waals surface area contributed by atoms with Gasteiger partial charge in [-0.1, -0.05) is 12.1 Å². The number of methoxy groups -OCH3 is 3. The van der Waals surface area contributed by atoms with Crippen LogP contribution in [0.15, 0.2) is 36.4 Å². The molecule has 3 nitrogen and oxygen atoms in total. The van der Waals surface area contributed by atoms with Gasteiger partial charge in [-0.25, -0.2) is 0 Å². The molecule has 4 heteroatoms. The second kappa shape index (κ2) is 6.72. The summed E-state index contributed by atoms with van der Waals surface area (Å²) in [7, 11) is 4.90. The normalized spacial score (nSPS) is 11.9. The zero-order valence-electron chi connectivity index (χ0n) is 12.6. The van der Waals surface area contributed by atoms with Gasteiger partial charge in [0.05, 0.1) is 32.3 Å². The van der Waals surface area contributed by atoms with Crippen molar-refractivity contribution in [1.82, 2.24) is 0 Å². The van der Waals surface area contributed by atoms with Gasteiger partial charge in [0.25, 0.3) is 0 Å². The van der Waals surface area contributed by atoms with E-state index in [1.54, 1.807) is 21.3 Å². The Hall–Kier alpha value is -1.87. The Balaban J connectivity index is 2.51. The summed E-state index contributed by atoms with van der Waals surface area (Å²) in [6.45, 7) is 2.01. The van der Waals surface area contributed by atoms with Crippen molar-refractivity contribution >= 4 is 11.6 Å². The molecule has 21 heavy (non-hydrogen) atoms. The molecule has 2 aromatic rings. The maximum atomic E-state index is 6.70. The van der Waals surface area contributed by atoms with E-state index in [1.165, 1.54) is 0 Å². The minimum atomic E-state index is -0.359. The van der Waals surface area contributed by atoms with Crippen LogP contribution in [-0.2, 0) is 0 Å². The molecule has 1 unspecified atom stereocenters. The molecule has 0 aliphatic carbocycles. The van der Waals surface area contributed by atoms with Crippen molar-refractivity contribution in [2.75, 3.05) is 21.3 Å².